The first-order chi connectivity index (χ1) is 16.0. The predicted molar refractivity (Wildman–Crippen MR) is 121 cm³/mol. The van der Waals surface area contributed by atoms with E-state index in [1.54, 1.807) is 25.3 Å². The van der Waals surface area contributed by atoms with Crippen LogP contribution in [0.1, 0.15) is 17.2 Å². The van der Waals surface area contributed by atoms with Crippen LogP contribution in [-0.4, -0.2) is 59.7 Å². The normalized spacial score (nSPS) is 19.5. The molecule has 0 radical (unpaired) electrons. The zero-order valence-electron chi connectivity index (χ0n) is 18.4. The summed E-state index contributed by atoms with van der Waals surface area (Å²) in [7, 11) is 3.45. The standard InChI is InChI=1S/C25H24N2O6/c1-26-14-17(16-5-3-4-6-18(16)26)22-21(24(29)25(30)27(22)9-10-31-2)23(28)15-7-8-19-20(13-15)33-12-11-32-19/h3-8,13-14,22,28H,9-12H2,1-2H3/b23-21+. The van der Waals surface area contributed by atoms with Crippen LogP contribution >= 0.6 is 0 Å². The zero-order valence-corrected chi connectivity index (χ0v) is 18.4. The molecule has 0 spiro atoms. The van der Waals surface area contributed by atoms with Crippen molar-refractivity contribution < 1.29 is 28.9 Å². The molecular weight excluding hydrogens is 424 g/mol. The van der Waals surface area contributed by atoms with Crippen molar-refractivity contribution in [3.05, 3.63) is 65.4 Å². The zero-order chi connectivity index (χ0) is 23.1. The lowest BCUT2D eigenvalue weighted by molar-refractivity contribution is -0.140. The number of hydrogen-bond donors (Lipinski definition) is 1. The topological polar surface area (TPSA) is 90.2 Å². The number of para-hydroxylation sites is 1. The summed E-state index contributed by atoms with van der Waals surface area (Å²) in [5.41, 5.74) is 2.16. The number of aliphatic hydroxyl groups excluding tert-OH is 1. The molecule has 1 unspecified atom stereocenters. The second-order valence-corrected chi connectivity index (χ2v) is 8.06. The predicted octanol–water partition coefficient (Wildman–Crippen LogP) is 3.02. The Morgan fingerprint density at radius 2 is 1.88 bits per heavy atom. The highest BCUT2D eigenvalue weighted by Gasteiger charge is 2.46. The number of amides is 1. The lowest BCUT2D eigenvalue weighted by Gasteiger charge is -2.24. The van der Waals surface area contributed by atoms with Gasteiger partial charge in [-0.3, -0.25) is 9.59 Å². The minimum absolute atomic E-state index is 0.0455. The highest BCUT2D eigenvalue weighted by Crippen LogP contribution is 2.43. The summed E-state index contributed by atoms with van der Waals surface area (Å²) in [6.07, 6.45) is 1.90. The molecule has 3 heterocycles. The molecule has 33 heavy (non-hydrogen) atoms. The van der Waals surface area contributed by atoms with Gasteiger partial charge in [0.2, 0.25) is 0 Å². The Bertz CT molecular complexity index is 1290. The Labute approximate surface area is 190 Å². The van der Waals surface area contributed by atoms with Gasteiger partial charge in [0.15, 0.2) is 11.5 Å². The molecule has 8 heteroatoms. The van der Waals surface area contributed by atoms with E-state index in [4.69, 9.17) is 14.2 Å². The first-order valence-electron chi connectivity index (χ1n) is 10.7. The lowest BCUT2D eigenvalue weighted by Crippen LogP contribution is -2.32. The van der Waals surface area contributed by atoms with Gasteiger partial charge in [0.05, 0.1) is 18.2 Å². The molecule has 1 saturated heterocycles. The molecule has 0 bridgehead atoms. The van der Waals surface area contributed by atoms with Gasteiger partial charge in [-0.25, -0.2) is 0 Å². The number of ether oxygens (including phenoxy) is 3. The average molecular weight is 448 g/mol. The van der Waals surface area contributed by atoms with Crippen LogP contribution < -0.4 is 9.47 Å². The number of methoxy groups -OCH3 is 1. The number of hydrogen-bond acceptors (Lipinski definition) is 6. The van der Waals surface area contributed by atoms with E-state index in [0.717, 1.165) is 16.5 Å². The summed E-state index contributed by atoms with van der Waals surface area (Å²) in [5.74, 6) is -0.576. The van der Waals surface area contributed by atoms with Crippen molar-refractivity contribution in [3.63, 3.8) is 0 Å². The maximum Gasteiger partial charge on any atom is 0.295 e. The Kier molecular flexibility index (Phi) is 5.30. The lowest BCUT2D eigenvalue weighted by atomic mass is 9.95. The number of aryl methyl sites for hydroxylation is 1. The maximum atomic E-state index is 13.2. The SMILES string of the molecule is COCCN1C(=O)C(=O)/C(=C(/O)c2ccc3c(c2)OCCO3)C1c1cn(C)c2ccccc12. The number of nitrogens with zero attached hydrogens (tertiary/aromatic N) is 2. The van der Waals surface area contributed by atoms with Gasteiger partial charge in [0, 0.05) is 48.9 Å². The summed E-state index contributed by atoms with van der Waals surface area (Å²) in [4.78, 5) is 27.7. The number of aromatic nitrogens is 1. The van der Waals surface area contributed by atoms with Gasteiger partial charge in [-0.2, -0.15) is 0 Å². The largest absolute Gasteiger partial charge is 0.507 e. The van der Waals surface area contributed by atoms with Gasteiger partial charge in [-0.05, 0) is 24.3 Å². The van der Waals surface area contributed by atoms with Crippen LogP contribution in [0.5, 0.6) is 11.5 Å². The van der Waals surface area contributed by atoms with Crippen molar-refractivity contribution in [2.24, 2.45) is 7.05 Å². The van der Waals surface area contributed by atoms with Crippen LogP contribution in [0.2, 0.25) is 0 Å². The molecule has 1 aromatic heterocycles. The summed E-state index contributed by atoms with van der Waals surface area (Å²) in [6.45, 7) is 1.32. The van der Waals surface area contributed by atoms with E-state index in [1.165, 1.54) is 4.90 Å². The van der Waals surface area contributed by atoms with E-state index >= 15 is 0 Å². The molecule has 0 aliphatic carbocycles. The maximum absolute atomic E-state index is 13.2. The molecule has 2 aliphatic rings. The second kappa shape index (κ2) is 8.29. The molecule has 1 fully saturated rings. The molecule has 3 aromatic rings. The minimum atomic E-state index is -0.751. The first kappa shape index (κ1) is 21.1. The van der Waals surface area contributed by atoms with Gasteiger partial charge in [-0.1, -0.05) is 18.2 Å². The molecule has 1 amide bonds. The van der Waals surface area contributed by atoms with Crippen molar-refractivity contribution in [3.8, 4) is 11.5 Å². The number of ketones is 1. The minimum Gasteiger partial charge on any atom is -0.507 e. The summed E-state index contributed by atoms with van der Waals surface area (Å²) >= 11 is 0. The van der Waals surface area contributed by atoms with Crippen LogP contribution in [0.3, 0.4) is 0 Å². The fourth-order valence-electron chi connectivity index (χ4n) is 4.56. The molecule has 2 aliphatic heterocycles. The fraction of sp³-hybridized carbons (Fsp3) is 0.280. The molecule has 170 valence electrons. The third-order valence-corrected chi connectivity index (χ3v) is 6.11. The number of Topliss-reactive ketones (excluding diaryl/α,β-unsaturated/α-hetero) is 1. The third-order valence-electron chi connectivity index (χ3n) is 6.11. The van der Waals surface area contributed by atoms with Crippen molar-refractivity contribution >= 4 is 28.4 Å². The third kappa shape index (κ3) is 3.43. The van der Waals surface area contributed by atoms with E-state index < -0.39 is 17.7 Å². The first-order valence-corrected chi connectivity index (χ1v) is 10.7. The van der Waals surface area contributed by atoms with Gasteiger partial charge in [0.25, 0.3) is 11.7 Å². The molecule has 5 rings (SSSR count). The van der Waals surface area contributed by atoms with Gasteiger partial charge in [0.1, 0.15) is 19.0 Å². The number of benzene rings is 2. The number of carbonyl (C=O) groups is 2. The van der Waals surface area contributed by atoms with Crippen LogP contribution in [0.15, 0.2) is 54.2 Å². The molecule has 1 atom stereocenters. The molecular formula is C25H24N2O6. The highest BCUT2D eigenvalue weighted by atomic mass is 16.6. The van der Waals surface area contributed by atoms with E-state index in [0.29, 0.717) is 30.3 Å². The molecule has 0 saturated carbocycles. The number of carbonyl (C=O) groups excluding carboxylic acids is 2. The van der Waals surface area contributed by atoms with Crippen LogP contribution in [-0.2, 0) is 21.4 Å². The number of aliphatic hydroxyl groups is 1. The average Bonchev–Trinajstić information content (AvgIpc) is 3.30. The van der Waals surface area contributed by atoms with Gasteiger partial charge in [-0.15, -0.1) is 0 Å². The Balaban J connectivity index is 1.70. The van der Waals surface area contributed by atoms with Crippen LogP contribution in [0, 0.1) is 0 Å². The Morgan fingerprint density at radius 3 is 2.67 bits per heavy atom. The molecule has 1 N–H and O–H groups in total. The fourth-order valence-corrected chi connectivity index (χ4v) is 4.56. The monoisotopic (exact) mass is 448 g/mol. The summed E-state index contributed by atoms with van der Waals surface area (Å²) in [5, 5.41) is 12.2. The smallest absolute Gasteiger partial charge is 0.295 e. The van der Waals surface area contributed by atoms with Crippen molar-refractivity contribution in [1.82, 2.24) is 9.47 Å². The quantitative estimate of drug-likeness (QED) is 0.367. The van der Waals surface area contributed by atoms with Crippen molar-refractivity contribution in [2.75, 3.05) is 33.5 Å². The van der Waals surface area contributed by atoms with E-state index in [-0.39, 0.29) is 24.5 Å². The summed E-state index contributed by atoms with van der Waals surface area (Å²) in [6, 6.07) is 12.0. The van der Waals surface area contributed by atoms with Crippen molar-refractivity contribution in [2.45, 2.75) is 6.04 Å². The van der Waals surface area contributed by atoms with Gasteiger partial charge < -0.3 is 28.8 Å². The number of rotatable bonds is 5. The Hall–Kier alpha value is -3.78. The van der Waals surface area contributed by atoms with Crippen LogP contribution in [0.25, 0.3) is 16.7 Å². The highest BCUT2D eigenvalue weighted by molar-refractivity contribution is 6.46. The van der Waals surface area contributed by atoms with Crippen LogP contribution in [0.4, 0.5) is 0 Å². The van der Waals surface area contributed by atoms with Crippen molar-refractivity contribution in [1.29, 1.82) is 0 Å². The van der Waals surface area contributed by atoms with E-state index in [9.17, 15) is 14.7 Å². The molecule has 2 aromatic carbocycles. The Morgan fingerprint density at radius 1 is 1.12 bits per heavy atom. The van der Waals surface area contributed by atoms with Gasteiger partial charge >= 0.3 is 0 Å². The number of fused-ring (bicyclic) bond motifs is 2. The summed E-state index contributed by atoms with van der Waals surface area (Å²) < 4.78 is 18.3. The van der Waals surface area contributed by atoms with E-state index in [2.05, 4.69) is 0 Å². The van der Waals surface area contributed by atoms with E-state index in [1.807, 2.05) is 42.1 Å². The number of likely N-dealkylation sites (tertiary alicyclic amines) is 1. The second-order valence-electron chi connectivity index (χ2n) is 8.06. The molecule has 8 nitrogen and oxygen atoms in total.